The van der Waals surface area contributed by atoms with E-state index >= 15 is 0 Å². The molecule has 0 radical (unpaired) electrons. The molecule has 1 N–H and O–H groups in total. The Morgan fingerprint density at radius 2 is 1.86 bits per heavy atom. The van der Waals surface area contributed by atoms with Gasteiger partial charge in [-0.2, -0.15) is 0 Å². The van der Waals surface area contributed by atoms with Crippen molar-refractivity contribution >= 4 is 22.0 Å². The van der Waals surface area contributed by atoms with Crippen LogP contribution in [0.25, 0.3) is 0 Å². The van der Waals surface area contributed by atoms with Crippen LogP contribution in [-0.4, -0.2) is 60.7 Å². The molecule has 8 nitrogen and oxygen atoms in total. The summed E-state index contributed by atoms with van der Waals surface area (Å²) in [7, 11) is -3.44. The Balaban J connectivity index is 1.61. The van der Waals surface area contributed by atoms with Gasteiger partial charge in [-0.05, 0) is 32.8 Å². The number of alkyl carbamates (subject to hydrolysis) is 1. The minimum absolute atomic E-state index is 0.00782. The zero-order chi connectivity index (χ0) is 20.6. The minimum atomic E-state index is -3.44. The number of carbonyl (C=O) groups excluding carboxylic acids is 2. The Hall–Kier alpha value is -2.29. The van der Waals surface area contributed by atoms with Crippen molar-refractivity contribution in [3.63, 3.8) is 0 Å². The molecule has 2 aliphatic rings. The molecule has 28 heavy (non-hydrogen) atoms. The largest absolute Gasteiger partial charge is 0.445 e. The van der Waals surface area contributed by atoms with Crippen molar-refractivity contribution in [2.24, 2.45) is 0 Å². The second kappa shape index (κ2) is 7.27. The van der Waals surface area contributed by atoms with Gasteiger partial charge in [-0.25, -0.2) is 18.0 Å². The average Bonchev–Trinajstić information content (AvgIpc) is 2.81. The monoisotopic (exact) mass is 410 g/mol. The molecule has 0 aromatic heterocycles. The Morgan fingerprint density at radius 1 is 1.21 bits per heavy atom. The molecule has 1 aromatic rings. The molecule has 0 aliphatic carbocycles. The molecule has 154 valence electrons. The molecule has 2 saturated heterocycles. The number of hydrogen-bond donors (Lipinski definition) is 1. The average molecular weight is 410 g/mol. The Morgan fingerprint density at radius 3 is 2.46 bits per heavy atom. The number of benzene rings is 1. The van der Waals surface area contributed by atoms with E-state index in [0.29, 0.717) is 6.42 Å². The second-order valence-electron chi connectivity index (χ2n) is 8.27. The summed E-state index contributed by atoms with van der Waals surface area (Å²) in [6, 6.07) is 8.62. The number of likely N-dealkylation sites (tertiary alicyclic amines) is 1. The van der Waals surface area contributed by atoms with Crippen molar-refractivity contribution in [1.29, 1.82) is 0 Å². The Labute approximate surface area is 165 Å². The van der Waals surface area contributed by atoms with Gasteiger partial charge in [0.1, 0.15) is 17.0 Å². The number of nitrogens with zero attached hydrogens (tertiary/aromatic N) is 1. The van der Waals surface area contributed by atoms with Crippen LogP contribution in [0.5, 0.6) is 0 Å². The lowest BCUT2D eigenvalue weighted by Crippen LogP contribution is -2.72. The zero-order valence-electron chi connectivity index (χ0n) is 16.3. The summed E-state index contributed by atoms with van der Waals surface area (Å²) >= 11 is 0. The molecule has 3 rings (SSSR count). The van der Waals surface area contributed by atoms with Gasteiger partial charge in [-0.3, -0.25) is 0 Å². The Bertz CT molecular complexity index is 841. The van der Waals surface area contributed by atoms with Gasteiger partial charge in [-0.15, -0.1) is 0 Å². The summed E-state index contributed by atoms with van der Waals surface area (Å²) in [5.41, 5.74) is 0.180. The molecule has 2 heterocycles. The SMILES string of the molecule is CC(C)(C)OC(=O)N1CC2(C1)C(NC(=O)OCc1ccccc1)CCS2(=O)=O. The second-order valence-corrected chi connectivity index (χ2v) is 10.7. The van der Waals surface area contributed by atoms with Crippen LogP contribution in [0.4, 0.5) is 9.59 Å². The third-order valence-electron chi connectivity index (χ3n) is 5.00. The molecule has 1 spiro atoms. The highest BCUT2D eigenvalue weighted by atomic mass is 32.2. The summed E-state index contributed by atoms with van der Waals surface area (Å²) in [5.74, 6) is -0.0290. The van der Waals surface area contributed by atoms with Gasteiger partial charge in [0.25, 0.3) is 0 Å². The summed E-state index contributed by atoms with van der Waals surface area (Å²) < 4.78 is 34.6. The molecule has 0 saturated carbocycles. The quantitative estimate of drug-likeness (QED) is 0.819. The van der Waals surface area contributed by atoms with E-state index in [2.05, 4.69) is 5.32 Å². The maximum Gasteiger partial charge on any atom is 0.410 e. The van der Waals surface area contributed by atoms with E-state index in [9.17, 15) is 18.0 Å². The maximum atomic E-state index is 12.6. The first-order valence-corrected chi connectivity index (χ1v) is 10.9. The number of rotatable bonds is 3. The molecule has 1 atom stereocenters. The van der Waals surface area contributed by atoms with Crippen molar-refractivity contribution in [2.45, 2.75) is 50.2 Å². The lowest BCUT2D eigenvalue weighted by molar-refractivity contribution is 0.000253. The number of amides is 2. The van der Waals surface area contributed by atoms with E-state index in [4.69, 9.17) is 9.47 Å². The smallest absolute Gasteiger partial charge is 0.410 e. The van der Waals surface area contributed by atoms with E-state index in [1.807, 2.05) is 30.3 Å². The highest BCUT2D eigenvalue weighted by molar-refractivity contribution is 7.93. The van der Waals surface area contributed by atoms with Gasteiger partial charge in [-0.1, -0.05) is 30.3 Å². The predicted molar refractivity (Wildman–Crippen MR) is 102 cm³/mol. The minimum Gasteiger partial charge on any atom is -0.445 e. The predicted octanol–water partition coefficient (Wildman–Crippen LogP) is 2.09. The summed E-state index contributed by atoms with van der Waals surface area (Å²) in [6.07, 6.45) is -0.919. The fraction of sp³-hybridized carbons (Fsp3) is 0.579. The van der Waals surface area contributed by atoms with Crippen LogP contribution < -0.4 is 5.32 Å². The van der Waals surface area contributed by atoms with E-state index in [0.717, 1.165) is 5.56 Å². The highest BCUT2D eigenvalue weighted by Gasteiger charge is 2.63. The summed E-state index contributed by atoms with van der Waals surface area (Å²) in [4.78, 5) is 25.7. The van der Waals surface area contributed by atoms with Crippen LogP contribution in [0.1, 0.15) is 32.8 Å². The summed E-state index contributed by atoms with van der Waals surface area (Å²) in [6.45, 7) is 5.37. The van der Waals surface area contributed by atoms with Crippen molar-refractivity contribution < 1.29 is 27.5 Å². The van der Waals surface area contributed by atoms with Crippen LogP contribution in [0.3, 0.4) is 0 Å². The number of ether oxygens (including phenoxy) is 2. The number of sulfone groups is 1. The summed E-state index contributed by atoms with van der Waals surface area (Å²) in [5, 5.41) is 2.69. The number of carbonyl (C=O) groups is 2. The molecule has 2 fully saturated rings. The van der Waals surface area contributed by atoms with Gasteiger partial charge < -0.3 is 19.7 Å². The lowest BCUT2D eigenvalue weighted by Gasteiger charge is -2.49. The van der Waals surface area contributed by atoms with E-state index in [-0.39, 0.29) is 25.4 Å². The van der Waals surface area contributed by atoms with E-state index < -0.39 is 38.4 Å². The molecular formula is C19H26N2O6S. The lowest BCUT2D eigenvalue weighted by atomic mass is 9.89. The van der Waals surface area contributed by atoms with Gasteiger partial charge in [0, 0.05) is 13.1 Å². The van der Waals surface area contributed by atoms with Gasteiger partial charge >= 0.3 is 12.2 Å². The first-order valence-electron chi connectivity index (χ1n) is 9.20. The fourth-order valence-corrected chi connectivity index (χ4v) is 5.81. The maximum absolute atomic E-state index is 12.6. The van der Waals surface area contributed by atoms with Gasteiger partial charge in [0.15, 0.2) is 9.84 Å². The van der Waals surface area contributed by atoms with Gasteiger partial charge in [0.05, 0.1) is 11.8 Å². The van der Waals surface area contributed by atoms with Crippen molar-refractivity contribution in [3.8, 4) is 0 Å². The fourth-order valence-electron chi connectivity index (χ4n) is 3.54. The Kier molecular flexibility index (Phi) is 5.31. The van der Waals surface area contributed by atoms with Crippen LogP contribution >= 0.6 is 0 Å². The van der Waals surface area contributed by atoms with Crippen molar-refractivity contribution in [1.82, 2.24) is 10.2 Å². The third kappa shape index (κ3) is 4.09. The van der Waals surface area contributed by atoms with E-state index in [1.54, 1.807) is 20.8 Å². The van der Waals surface area contributed by atoms with Crippen LogP contribution in [-0.2, 0) is 25.9 Å². The van der Waals surface area contributed by atoms with Crippen LogP contribution in [0, 0.1) is 0 Å². The molecular weight excluding hydrogens is 384 g/mol. The molecule has 1 aromatic carbocycles. The molecule has 1 unspecified atom stereocenters. The zero-order valence-corrected chi connectivity index (χ0v) is 17.1. The topological polar surface area (TPSA) is 102 Å². The first-order chi connectivity index (χ1) is 13.0. The highest BCUT2D eigenvalue weighted by Crippen LogP contribution is 2.41. The van der Waals surface area contributed by atoms with Crippen LogP contribution in [0.2, 0.25) is 0 Å². The van der Waals surface area contributed by atoms with Gasteiger partial charge in [0.2, 0.25) is 0 Å². The van der Waals surface area contributed by atoms with Crippen molar-refractivity contribution in [3.05, 3.63) is 35.9 Å². The van der Waals surface area contributed by atoms with Crippen molar-refractivity contribution in [2.75, 3.05) is 18.8 Å². The molecule has 0 bridgehead atoms. The molecule has 2 aliphatic heterocycles. The number of nitrogens with one attached hydrogen (secondary N) is 1. The number of hydrogen-bond acceptors (Lipinski definition) is 6. The van der Waals surface area contributed by atoms with E-state index in [1.165, 1.54) is 4.90 Å². The molecule has 2 amide bonds. The third-order valence-corrected chi connectivity index (χ3v) is 7.56. The van der Waals surface area contributed by atoms with Crippen LogP contribution in [0.15, 0.2) is 30.3 Å². The normalized spacial score (nSPS) is 22.4. The first kappa shape index (κ1) is 20.4. The molecule has 9 heteroatoms. The standard InChI is InChI=1S/C19H26N2O6S/c1-18(2,3)27-17(23)21-12-19(13-21)15(9-10-28(19,24)25)20-16(22)26-11-14-7-5-4-6-8-14/h4-8,15H,9-13H2,1-3H3,(H,20,22).